The lowest BCUT2D eigenvalue weighted by Crippen LogP contribution is -2.37. The molecule has 3 aromatic rings. The highest BCUT2D eigenvalue weighted by atomic mass is 16.8. The summed E-state index contributed by atoms with van der Waals surface area (Å²) < 4.78 is 29.3. The van der Waals surface area contributed by atoms with E-state index < -0.39 is 29.1 Å². The molecule has 0 radical (unpaired) electrons. The van der Waals surface area contributed by atoms with E-state index >= 15 is 0 Å². The fourth-order valence-electron chi connectivity index (χ4n) is 4.36. The first-order valence-electron chi connectivity index (χ1n) is 12.0. The molecule has 0 saturated carbocycles. The van der Waals surface area contributed by atoms with Crippen molar-refractivity contribution in [3.05, 3.63) is 88.3 Å². The van der Waals surface area contributed by atoms with Crippen LogP contribution in [0.25, 0.3) is 11.0 Å². The molecule has 1 aliphatic rings. The van der Waals surface area contributed by atoms with E-state index in [-0.39, 0.29) is 12.7 Å². The average Bonchev–Trinajstić information content (AvgIpc) is 3.04. The topological polar surface area (TPSA) is 84.2 Å². The molecule has 1 fully saturated rings. The van der Waals surface area contributed by atoms with Gasteiger partial charge in [-0.05, 0) is 76.6 Å². The Balaban J connectivity index is 1.50. The summed E-state index contributed by atoms with van der Waals surface area (Å²) in [5.74, 6) is -0.572. The van der Waals surface area contributed by atoms with Gasteiger partial charge in [0.15, 0.2) is 5.79 Å². The molecule has 2 aromatic carbocycles. The summed E-state index contributed by atoms with van der Waals surface area (Å²) in [6.45, 7) is 9.85. The van der Waals surface area contributed by atoms with E-state index in [1.807, 2.05) is 58.9 Å². The number of rotatable bonds is 8. The van der Waals surface area contributed by atoms with Gasteiger partial charge in [0.2, 0.25) is 0 Å². The molecule has 1 saturated heterocycles. The summed E-state index contributed by atoms with van der Waals surface area (Å²) in [6, 6.07) is 17.3. The third-order valence-corrected chi connectivity index (χ3v) is 6.15. The van der Waals surface area contributed by atoms with Gasteiger partial charge in [0.1, 0.15) is 24.0 Å². The number of esters is 1. The van der Waals surface area contributed by atoms with Crippen LogP contribution < -0.4 is 10.4 Å². The Morgan fingerprint density at radius 2 is 1.78 bits per heavy atom. The van der Waals surface area contributed by atoms with Crippen LogP contribution in [0.4, 0.5) is 0 Å². The van der Waals surface area contributed by atoms with Crippen LogP contribution in [0.2, 0.25) is 0 Å². The average molecular weight is 493 g/mol. The maximum atomic E-state index is 12.9. The van der Waals surface area contributed by atoms with Gasteiger partial charge in [-0.3, -0.25) is 0 Å². The molecule has 0 amide bonds. The van der Waals surface area contributed by atoms with Crippen LogP contribution in [-0.2, 0) is 14.2 Å². The van der Waals surface area contributed by atoms with Gasteiger partial charge >= 0.3 is 11.6 Å². The largest absolute Gasteiger partial charge is 0.489 e. The van der Waals surface area contributed by atoms with Crippen molar-refractivity contribution in [3.63, 3.8) is 0 Å². The minimum absolute atomic E-state index is 0.241. The van der Waals surface area contributed by atoms with E-state index in [4.69, 9.17) is 23.4 Å². The molecular weight excluding hydrogens is 460 g/mol. The summed E-state index contributed by atoms with van der Waals surface area (Å²) in [5.41, 5.74) is 0.802. The number of hydrogen-bond donors (Lipinski definition) is 0. The van der Waals surface area contributed by atoms with Gasteiger partial charge in [0.25, 0.3) is 0 Å². The van der Waals surface area contributed by atoms with Crippen molar-refractivity contribution in [2.75, 3.05) is 6.61 Å². The minimum atomic E-state index is -0.728. The number of benzene rings is 2. The highest BCUT2D eigenvalue weighted by Gasteiger charge is 2.48. The minimum Gasteiger partial charge on any atom is -0.489 e. The molecule has 4 rings (SSSR count). The molecule has 2 heterocycles. The Morgan fingerprint density at radius 3 is 2.47 bits per heavy atom. The van der Waals surface area contributed by atoms with Gasteiger partial charge in [-0.2, -0.15) is 0 Å². The van der Waals surface area contributed by atoms with E-state index in [2.05, 4.69) is 0 Å². The fraction of sp³-hybridized carbons (Fsp3) is 0.379. The van der Waals surface area contributed by atoms with Crippen LogP contribution in [0, 0.1) is 0 Å². The van der Waals surface area contributed by atoms with Gasteiger partial charge in [-0.15, -0.1) is 0 Å². The second kappa shape index (κ2) is 10.3. The second-order valence-corrected chi connectivity index (χ2v) is 9.92. The van der Waals surface area contributed by atoms with Crippen molar-refractivity contribution in [1.82, 2.24) is 0 Å². The van der Waals surface area contributed by atoms with Crippen LogP contribution >= 0.6 is 0 Å². The lowest BCUT2D eigenvalue weighted by molar-refractivity contribution is -0.158. The molecule has 36 heavy (non-hydrogen) atoms. The van der Waals surface area contributed by atoms with E-state index in [9.17, 15) is 9.59 Å². The SMILES string of the molecule is C/C(=C\COc1ccc2ccc(=O)oc2c1)[C@@H](C[C@H]1OC(C)(C)OC1(C)C)OC(=O)c1ccccc1. The summed E-state index contributed by atoms with van der Waals surface area (Å²) in [5, 5.41) is 0.811. The Hall–Kier alpha value is -3.42. The molecule has 1 aliphatic heterocycles. The number of carbonyl (C=O) groups excluding carboxylic acids is 1. The van der Waals surface area contributed by atoms with Crippen molar-refractivity contribution in [3.8, 4) is 5.75 Å². The van der Waals surface area contributed by atoms with Crippen molar-refractivity contribution in [1.29, 1.82) is 0 Å². The smallest absolute Gasteiger partial charge is 0.338 e. The first-order chi connectivity index (χ1) is 17.0. The predicted molar refractivity (Wildman–Crippen MR) is 136 cm³/mol. The van der Waals surface area contributed by atoms with E-state index in [1.54, 1.807) is 36.4 Å². The quantitative estimate of drug-likeness (QED) is 0.228. The van der Waals surface area contributed by atoms with Crippen molar-refractivity contribution < 1.29 is 28.2 Å². The number of ether oxygens (including phenoxy) is 4. The Morgan fingerprint density at radius 1 is 1.06 bits per heavy atom. The molecule has 0 unspecified atom stereocenters. The highest BCUT2D eigenvalue weighted by Crippen LogP contribution is 2.39. The number of fused-ring (bicyclic) bond motifs is 1. The molecular formula is C29H32O7. The molecule has 0 aliphatic carbocycles. The van der Waals surface area contributed by atoms with Crippen LogP contribution in [-0.4, -0.2) is 36.2 Å². The molecule has 7 heteroatoms. The van der Waals surface area contributed by atoms with Crippen LogP contribution in [0.1, 0.15) is 51.4 Å². The van der Waals surface area contributed by atoms with E-state index in [1.165, 1.54) is 6.07 Å². The Labute approximate surface area is 210 Å². The first-order valence-corrected chi connectivity index (χ1v) is 12.0. The molecule has 190 valence electrons. The zero-order valence-corrected chi connectivity index (χ0v) is 21.3. The molecule has 0 spiro atoms. The summed E-state index contributed by atoms with van der Waals surface area (Å²) in [7, 11) is 0. The van der Waals surface area contributed by atoms with Crippen LogP contribution in [0.15, 0.2) is 81.5 Å². The Bertz CT molecular complexity index is 1300. The third-order valence-electron chi connectivity index (χ3n) is 6.15. The van der Waals surface area contributed by atoms with Crippen molar-refractivity contribution >= 4 is 16.9 Å². The number of carbonyl (C=O) groups is 1. The van der Waals surface area contributed by atoms with Gasteiger partial charge in [0, 0.05) is 23.9 Å². The summed E-state index contributed by atoms with van der Waals surface area (Å²) >= 11 is 0. The molecule has 7 nitrogen and oxygen atoms in total. The van der Waals surface area contributed by atoms with Crippen LogP contribution in [0.5, 0.6) is 5.75 Å². The zero-order valence-electron chi connectivity index (χ0n) is 21.3. The normalized spacial score (nSPS) is 19.7. The summed E-state index contributed by atoms with van der Waals surface area (Å²) in [6.07, 6.45) is 1.48. The second-order valence-electron chi connectivity index (χ2n) is 9.92. The maximum Gasteiger partial charge on any atom is 0.338 e. The van der Waals surface area contributed by atoms with E-state index in [0.717, 1.165) is 11.0 Å². The van der Waals surface area contributed by atoms with Gasteiger partial charge in [0.05, 0.1) is 17.3 Å². The third kappa shape index (κ3) is 6.22. The fourth-order valence-corrected chi connectivity index (χ4v) is 4.36. The zero-order chi connectivity index (χ0) is 25.9. The van der Waals surface area contributed by atoms with E-state index in [0.29, 0.717) is 23.3 Å². The van der Waals surface area contributed by atoms with Gasteiger partial charge < -0.3 is 23.4 Å². The number of hydrogen-bond acceptors (Lipinski definition) is 7. The summed E-state index contributed by atoms with van der Waals surface area (Å²) in [4.78, 5) is 24.4. The lowest BCUT2D eigenvalue weighted by Gasteiger charge is -2.28. The lowest BCUT2D eigenvalue weighted by atomic mass is 9.94. The van der Waals surface area contributed by atoms with Crippen molar-refractivity contribution in [2.24, 2.45) is 0 Å². The predicted octanol–water partition coefficient (Wildman–Crippen LogP) is 5.66. The van der Waals surface area contributed by atoms with Crippen LogP contribution in [0.3, 0.4) is 0 Å². The maximum absolute atomic E-state index is 12.9. The molecule has 1 aromatic heterocycles. The first kappa shape index (κ1) is 25.7. The Kier molecular flexibility index (Phi) is 7.33. The highest BCUT2D eigenvalue weighted by molar-refractivity contribution is 5.89. The standard InChI is InChI=1S/C29H32O7/c1-19(15-16-32-22-13-11-20-12-14-26(30)33-24(20)17-22)23(34-27(31)21-9-7-6-8-10-21)18-25-28(2,3)36-29(4,5)35-25/h6-15,17,23,25H,16,18H2,1-5H3/b19-15+/t23-,25-/m1/s1. The molecule has 0 bridgehead atoms. The van der Waals surface area contributed by atoms with Crippen molar-refractivity contribution in [2.45, 2.75) is 64.6 Å². The molecule has 2 atom stereocenters. The molecule has 0 N–H and O–H groups in total. The monoisotopic (exact) mass is 492 g/mol. The van der Waals surface area contributed by atoms with Gasteiger partial charge in [-0.25, -0.2) is 9.59 Å². The van der Waals surface area contributed by atoms with Gasteiger partial charge in [-0.1, -0.05) is 18.2 Å².